The van der Waals surface area contributed by atoms with Crippen molar-refractivity contribution in [2.45, 2.75) is 0 Å². The fourth-order valence-corrected chi connectivity index (χ4v) is 2.79. The molecule has 0 aliphatic carbocycles. The van der Waals surface area contributed by atoms with Crippen molar-refractivity contribution in [2.24, 2.45) is 5.10 Å². The molecule has 9 heteroatoms. The van der Waals surface area contributed by atoms with Gasteiger partial charge in [-0.15, -0.1) is 0 Å². The summed E-state index contributed by atoms with van der Waals surface area (Å²) in [5, 5.41) is 19.6. The van der Waals surface area contributed by atoms with E-state index in [9.17, 15) is 14.9 Å². The van der Waals surface area contributed by atoms with E-state index in [0.29, 0.717) is 16.6 Å². The van der Waals surface area contributed by atoms with Gasteiger partial charge in [0, 0.05) is 12.3 Å². The smallest absolute Gasteiger partial charge is 0.266 e. The Labute approximate surface area is 164 Å². The van der Waals surface area contributed by atoms with E-state index in [-0.39, 0.29) is 11.2 Å². The first-order valence-electron chi connectivity index (χ1n) is 8.60. The van der Waals surface area contributed by atoms with Crippen molar-refractivity contribution in [2.75, 3.05) is 0 Å². The molecule has 0 saturated heterocycles. The molecule has 0 aliphatic heterocycles. The monoisotopic (exact) mass is 386 g/mol. The van der Waals surface area contributed by atoms with Crippen molar-refractivity contribution in [3.8, 4) is 5.69 Å². The van der Waals surface area contributed by atoms with E-state index in [4.69, 9.17) is 0 Å². The van der Waals surface area contributed by atoms with Crippen molar-refractivity contribution in [3.63, 3.8) is 0 Å². The third-order valence-corrected chi connectivity index (χ3v) is 4.16. The van der Waals surface area contributed by atoms with Gasteiger partial charge in [-0.1, -0.05) is 30.3 Å². The number of benzene rings is 2. The number of fused-ring (bicyclic) bond motifs is 1. The van der Waals surface area contributed by atoms with Crippen LogP contribution in [0.5, 0.6) is 0 Å². The Morgan fingerprint density at radius 2 is 1.83 bits per heavy atom. The van der Waals surface area contributed by atoms with E-state index in [1.165, 1.54) is 30.9 Å². The molecule has 4 rings (SSSR count). The highest BCUT2D eigenvalue weighted by atomic mass is 16.6. The molecule has 4 aromatic rings. The van der Waals surface area contributed by atoms with E-state index < -0.39 is 4.92 Å². The lowest BCUT2D eigenvalue weighted by molar-refractivity contribution is -0.385. The number of rotatable bonds is 5. The second-order valence-electron chi connectivity index (χ2n) is 5.96. The van der Waals surface area contributed by atoms with E-state index in [0.717, 1.165) is 10.4 Å². The first-order valence-corrected chi connectivity index (χ1v) is 8.60. The van der Waals surface area contributed by atoms with Crippen LogP contribution in [0.25, 0.3) is 22.8 Å². The molecule has 29 heavy (non-hydrogen) atoms. The highest BCUT2D eigenvalue weighted by molar-refractivity contribution is 5.80. The normalized spacial score (nSPS) is 11.6. The van der Waals surface area contributed by atoms with Crippen LogP contribution in [0.2, 0.25) is 0 Å². The molecule has 142 valence electrons. The van der Waals surface area contributed by atoms with Crippen LogP contribution >= 0.6 is 0 Å². The first kappa shape index (κ1) is 18.0. The minimum absolute atomic E-state index is 0.00858. The SMILES string of the molecule is O=c1c2cnn(-c3ccccc3)c2ncn1/N=C\C=C\c1ccccc1[N+](=O)[O-]. The van der Waals surface area contributed by atoms with Gasteiger partial charge in [-0.3, -0.25) is 14.9 Å². The summed E-state index contributed by atoms with van der Waals surface area (Å²) in [5.41, 5.74) is 1.29. The van der Waals surface area contributed by atoms with Crippen molar-refractivity contribution in [1.29, 1.82) is 0 Å². The van der Waals surface area contributed by atoms with E-state index in [2.05, 4.69) is 15.2 Å². The zero-order valence-corrected chi connectivity index (χ0v) is 15.0. The van der Waals surface area contributed by atoms with Crippen LogP contribution in [0, 0.1) is 10.1 Å². The van der Waals surface area contributed by atoms with Crippen molar-refractivity contribution in [1.82, 2.24) is 19.4 Å². The molecule has 0 radical (unpaired) electrons. The largest absolute Gasteiger partial charge is 0.285 e. The van der Waals surface area contributed by atoms with E-state index in [1.54, 1.807) is 29.0 Å². The quantitative estimate of drug-likeness (QED) is 0.298. The Morgan fingerprint density at radius 1 is 1.07 bits per heavy atom. The molecule has 0 amide bonds. The predicted molar refractivity (Wildman–Crippen MR) is 109 cm³/mol. The molecule has 2 aromatic heterocycles. The average molecular weight is 386 g/mol. The summed E-state index contributed by atoms with van der Waals surface area (Å²) in [6.07, 6.45) is 7.19. The minimum atomic E-state index is -0.455. The molecule has 0 unspecified atom stereocenters. The Morgan fingerprint density at radius 3 is 2.62 bits per heavy atom. The number of aromatic nitrogens is 4. The fourth-order valence-electron chi connectivity index (χ4n) is 2.79. The van der Waals surface area contributed by atoms with E-state index >= 15 is 0 Å². The van der Waals surface area contributed by atoms with Gasteiger partial charge in [0.05, 0.1) is 22.4 Å². The second-order valence-corrected chi connectivity index (χ2v) is 5.96. The molecule has 2 heterocycles. The number of nitro groups is 1. The molecular weight excluding hydrogens is 372 g/mol. The third kappa shape index (κ3) is 3.56. The summed E-state index contributed by atoms with van der Waals surface area (Å²) in [7, 11) is 0. The van der Waals surface area contributed by atoms with Gasteiger partial charge >= 0.3 is 0 Å². The van der Waals surface area contributed by atoms with Gasteiger partial charge in [-0.2, -0.15) is 14.9 Å². The Hall–Kier alpha value is -4.40. The summed E-state index contributed by atoms with van der Waals surface area (Å²) < 4.78 is 2.67. The standard InChI is InChI=1S/C20H14N6O3/c27-20-17-13-23-25(16-9-2-1-3-10-16)19(17)21-14-24(20)22-12-6-8-15-7-4-5-11-18(15)26(28)29/h1-14H/b8-6+,22-12-. The molecule has 0 atom stereocenters. The topological polar surface area (TPSA) is 108 Å². The van der Waals surface area contributed by atoms with Gasteiger partial charge in [0.2, 0.25) is 0 Å². The van der Waals surface area contributed by atoms with Crippen molar-refractivity contribution < 1.29 is 4.92 Å². The second kappa shape index (κ2) is 7.69. The van der Waals surface area contributed by atoms with Crippen LogP contribution in [0.4, 0.5) is 5.69 Å². The Balaban J connectivity index is 1.62. The maximum Gasteiger partial charge on any atom is 0.285 e. The molecule has 0 N–H and O–H groups in total. The van der Waals surface area contributed by atoms with E-state index in [1.807, 2.05) is 30.3 Å². The van der Waals surface area contributed by atoms with Crippen LogP contribution in [0.3, 0.4) is 0 Å². The Kier molecular flexibility index (Phi) is 4.77. The minimum Gasteiger partial charge on any atom is -0.266 e. The fraction of sp³-hybridized carbons (Fsp3) is 0. The molecular formula is C20H14N6O3. The lowest BCUT2D eigenvalue weighted by Gasteiger charge is -2.02. The maximum absolute atomic E-state index is 12.6. The zero-order valence-electron chi connectivity index (χ0n) is 15.0. The van der Waals surface area contributed by atoms with Gasteiger partial charge in [0.15, 0.2) is 5.65 Å². The first-order chi connectivity index (χ1) is 14.1. The number of hydrogen-bond acceptors (Lipinski definition) is 6. The zero-order chi connectivity index (χ0) is 20.2. The lowest BCUT2D eigenvalue weighted by Crippen LogP contribution is -2.16. The molecule has 0 aliphatic rings. The highest BCUT2D eigenvalue weighted by Gasteiger charge is 2.11. The number of hydrogen-bond donors (Lipinski definition) is 0. The maximum atomic E-state index is 12.6. The van der Waals surface area contributed by atoms with Crippen LogP contribution in [0.15, 0.2) is 83.1 Å². The van der Waals surface area contributed by atoms with Gasteiger partial charge in [-0.05, 0) is 30.4 Å². The lowest BCUT2D eigenvalue weighted by atomic mass is 10.2. The summed E-state index contributed by atoms with van der Waals surface area (Å²) >= 11 is 0. The molecule has 0 bridgehead atoms. The van der Waals surface area contributed by atoms with Crippen LogP contribution in [-0.2, 0) is 0 Å². The molecule has 0 fully saturated rings. The summed E-state index contributed by atoms with van der Waals surface area (Å²) in [4.78, 5) is 27.5. The van der Waals surface area contributed by atoms with Gasteiger partial charge in [0.25, 0.3) is 11.2 Å². The highest BCUT2D eigenvalue weighted by Crippen LogP contribution is 2.18. The molecule has 2 aromatic carbocycles. The summed E-state index contributed by atoms with van der Waals surface area (Å²) in [5.74, 6) is 0. The predicted octanol–water partition coefficient (Wildman–Crippen LogP) is 3.04. The molecule has 0 saturated carbocycles. The number of nitrogens with zero attached hydrogens (tertiary/aromatic N) is 6. The number of para-hydroxylation sites is 2. The number of nitro benzene ring substituents is 1. The van der Waals surface area contributed by atoms with Crippen LogP contribution in [0.1, 0.15) is 5.56 Å². The molecule has 9 nitrogen and oxygen atoms in total. The van der Waals surface area contributed by atoms with Gasteiger partial charge in [0.1, 0.15) is 11.7 Å². The van der Waals surface area contributed by atoms with Crippen LogP contribution in [-0.4, -0.2) is 30.6 Å². The third-order valence-electron chi connectivity index (χ3n) is 4.16. The Bertz CT molecular complexity index is 1300. The molecule has 0 spiro atoms. The van der Waals surface area contributed by atoms with Gasteiger partial charge < -0.3 is 0 Å². The van der Waals surface area contributed by atoms with Crippen molar-refractivity contribution >= 4 is 29.0 Å². The average Bonchev–Trinajstić information content (AvgIpc) is 3.18. The van der Waals surface area contributed by atoms with Crippen LogP contribution < -0.4 is 5.56 Å². The van der Waals surface area contributed by atoms with Crippen molar-refractivity contribution in [3.05, 3.63) is 99.2 Å². The van der Waals surface area contributed by atoms with Gasteiger partial charge in [-0.25, -0.2) is 9.67 Å². The number of allylic oxidation sites excluding steroid dienone is 1. The summed E-state index contributed by atoms with van der Waals surface area (Å²) in [6.45, 7) is 0. The summed E-state index contributed by atoms with van der Waals surface area (Å²) in [6, 6.07) is 15.7.